The van der Waals surface area contributed by atoms with E-state index >= 15 is 0 Å². The summed E-state index contributed by atoms with van der Waals surface area (Å²) in [5.74, 6) is -6.19. The molecule has 0 saturated heterocycles. The van der Waals surface area contributed by atoms with Crippen molar-refractivity contribution in [3.63, 3.8) is 0 Å². The van der Waals surface area contributed by atoms with Crippen LogP contribution in [0.3, 0.4) is 0 Å². The van der Waals surface area contributed by atoms with Gasteiger partial charge in [-0.25, -0.2) is 18.4 Å². The summed E-state index contributed by atoms with van der Waals surface area (Å²) < 4.78 is 94.4. The Balaban J connectivity index is 1.77. The quantitative estimate of drug-likeness (QED) is 0.307. The van der Waals surface area contributed by atoms with Crippen LogP contribution in [-0.2, 0) is 21.5 Å². The van der Waals surface area contributed by atoms with Gasteiger partial charge < -0.3 is 15.2 Å². The number of anilines is 1. The third kappa shape index (κ3) is 5.36. The Labute approximate surface area is 206 Å². The van der Waals surface area contributed by atoms with Crippen molar-refractivity contribution in [2.45, 2.75) is 36.4 Å². The second kappa shape index (κ2) is 8.99. The van der Waals surface area contributed by atoms with Gasteiger partial charge in [0.25, 0.3) is 17.7 Å². The fourth-order valence-electron chi connectivity index (χ4n) is 3.39. The van der Waals surface area contributed by atoms with Crippen molar-refractivity contribution >= 4 is 21.3 Å². The third-order valence-corrected chi connectivity index (χ3v) is 6.66. The molecule has 0 aliphatic heterocycles. The highest BCUT2D eigenvalue weighted by molar-refractivity contribution is 7.91. The number of carbonyl (C=O) groups excluding carboxylic acids is 1. The number of ether oxygens (including phenoxy) is 1. The molecule has 1 aliphatic carbocycles. The highest BCUT2D eigenvalue weighted by atomic mass is 32.2. The van der Waals surface area contributed by atoms with Gasteiger partial charge >= 0.3 is 6.18 Å². The predicted molar refractivity (Wildman–Crippen MR) is 119 cm³/mol. The molecule has 1 unspecified atom stereocenters. The lowest BCUT2D eigenvalue weighted by molar-refractivity contribution is -0.142. The lowest BCUT2D eigenvalue weighted by atomic mass is 10.1. The molecule has 0 bridgehead atoms. The molecular formula is C22H18F5N5O4S. The molecule has 2 aromatic heterocycles. The molecule has 1 atom stereocenters. The summed E-state index contributed by atoms with van der Waals surface area (Å²) in [6.07, 6.45) is -3.41. The first-order valence-electron chi connectivity index (χ1n) is 10.5. The number of rotatable bonds is 6. The minimum Gasteiger partial charge on any atom is -0.429 e. The summed E-state index contributed by atoms with van der Waals surface area (Å²) >= 11 is 0. The minimum atomic E-state index is -5.02. The van der Waals surface area contributed by atoms with Crippen LogP contribution in [0.25, 0.3) is 0 Å². The highest BCUT2D eigenvalue weighted by Crippen LogP contribution is 2.45. The Morgan fingerprint density at radius 2 is 1.89 bits per heavy atom. The van der Waals surface area contributed by atoms with E-state index in [-0.39, 0.29) is 29.1 Å². The summed E-state index contributed by atoms with van der Waals surface area (Å²) in [4.78, 5) is 16.6. The van der Waals surface area contributed by atoms with E-state index in [4.69, 9.17) is 9.52 Å². The number of amides is 1. The summed E-state index contributed by atoms with van der Waals surface area (Å²) in [6, 6.07) is 5.95. The number of hydrogen-bond donors (Lipinski definition) is 3. The molecule has 1 saturated carbocycles. The number of halogens is 5. The van der Waals surface area contributed by atoms with Crippen molar-refractivity contribution < 1.29 is 40.8 Å². The lowest BCUT2D eigenvalue weighted by Gasteiger charge is -2.17. The molecule has 15 heteroatoms. The Kier molecular flexibility index (Phi) is 6.40. The Bertz CT molecular complexity index is 1500. The van der Waals surface area contributed by atoms with Gasteiger partial charge in [-0.3, -0.25) is 4.79 Å². The number of nitrogens with zero attached hydrogens (tertiary/aromatic N) is 3. The molecule has 9 nitrogen and oxygen atoms in total. The first kappa shape index (κ1) is 26.3. The lowest BCUT2D eigenvalue weighted by Crippen LogP contribution is -2.21. The third-order valence-electron chi connectivity index (χ3n) is 5.51. The maximum absolute atomic E-state index is 14.7. The van der Waals surface area contributed by atoms with Gasteiger partial charge in [-0.1, -0.05) is 6.07 Å². The molecule has 1 amide bonds. The molecule has 196 valence electrons. The van der Waals surface area contributed by atoms with E-state index in [1.165, 1.54) is 24.3 Å². The van der Waals surface area contributed by atoms with Crippen LogP contribution in [0, 0.1) is 23.5 Å². The van der Waals surface area contributed by atoms with Crippen LogP contribution in [0.1, 0.15) is 40.2 Å². The molecule has 0 radical (unpaired) electrons. The van der Waals surface area contributed by atoms with Crippen molar-refractivity contribution in [3.05, 3.63) is 64.6 Å². The summed E-state index contributed by atoms with van der Waals surface area (Å²) in [5, 5.41) is 18.6. The van der Waals surface area contributed by atoms with Crippen LogP contribution in [0.2, 0.25) is 0 Å². The predicted octanol–water partition coefficient (Wildman–Crippen LogP) is 4.54. The summed E-state index contributed by atoms with van der Waals surface area (Å²) in [5.41, 5.74) is -4.91. The van der Waals surface area contributed by atoms with E-state index in [0.29, 0.717) is 6.07 Å². The standard InChI is InChI=1S/C22H18F5N5O4S/c1-10-15(19(33)29-11-4-3-5-12(8-11)37(2,28)35)20(32-31-17(10)22(25,26)27)36-16-13(23)9-14(30-18(16)24)21(34)6-7-21/h3-5,8-9,28,34H,6-7H2,1-2H3,(H,29,33). The van der Waals surface area contributed by atoms with Crippen molar-refractivity contribution in [2.75, 3.05) is 11.6 Å². The SMILES string of the molecule is Cc1c(C(F)(F)F)nnc(Oc2c(F)cc(C3(O)CC3)nc2F)c1C(=O)Nc1cccc(S(C)(=N)=O)c1. The van der Waals surface area contributed by atoms with Crippen LogP contribution >= 0.6 is 0 Å². The molecule has 3 aromatic rings. The van der Waals surface area contributed by atoms with Crippen LogP contribution in [0.4, 0.5) is 27.6 Å². The number of aliphatic hydroxyl groups is 1. The molecule has 2 heterocycles. The molecule has 37 heavy (non-hydrogen) atoms. The van der Waals surface area contributed by atoms with Crippen LogP contribution in [0.15, 0.2) is 35.2 Å². The van der Waals surface area contributed by atoms with Gasteiger partial charge in [0.2, 0.25) is 5.75 Å². The summed E-state index contributed by atoms with van der Waals surface area (Å²) in [7, 11) is -3.18. The number of pyridine rings is 1. The van der Waals surface area contributed by atoms with E-state index in [1.807, 2.05) is 0 Å². The maximum Gasteiger partial charge on any atom is 0.435 e. The van der Waals surface area contributed by atoms with Crippen molar-refractivity contribution in [2.24, 2.45) is 0 Å². The smallest absolute Gasteiger partial charge is 0.429 e. The average molecular weight is 543 g/mol. The molecular weight excluding hydrogens is 525 g/mol. The molecule has 3 N–H and O–H groups in total. The van der Waals surface area contributed by atoms with E-state index in [0.717, 1.165) is 13.2 Å². The highest BCUT2D eigenvalue weighted by Gasteiger charge is 2.45. The fourth-order valence-corrected chi connectivity index (χ4v) is 4.08. The van der Waals surface area contributed by atoms with Gasteiger partial charge in [-0.05, 0) is 43.5 Å². The van der Waals surface area contributed by atoms with Crippen molar-refractivity contribution in [1.29, 1.82) is 4.78 Å². The normalized spacial score (nSPS) is 16.1. The summed E-state index contributed by atoms with van der Waals surface area (Å²) in [6.45, 7) is 0.898. The fraction of sp³-hybridized carbons (Fsp3) is 0.273. The Hall–Kier alpha value is -3.72. The number of benzene rings is 1. The Morgan fingerprint density at radius 1 is 1.22 bits per heavy atom. The molecule has 1 aromatic carbocycles. The monoisotopic (exact) mass is 543 g/mol. The molecule has 0 spiro atoms. The second-order valence-corrected chi connectivity index (χ2v) is 10.6. The van der Waals surface area contributed by atoms with Gasteiger partial charge in [-0.2, -0.15) is 17.6 Å². The number of nitrogens with one attached hydrogen (secondary N) is 2. The van der Waals surface area contributed by atoms with Crippen molar-refractivity contribution in [1.82, 2.24) is 15.2 Å². The second-order valence-electron chi connectivity index (χ2n) is 8.42. The maximum atomic E-state index is 14.7. The van der Waals surface area contributed by atoms with Gasteiger partial charge in [0, 0.05) is 22.9 Å². The number of aromatic nitrogens is 3. The van der Waals surface area contributed by atoms with E-state index in [2.05, 4.69) is 20.5 Å². The largest absolute Gasteiger partial charge is 0.435 e. The van der Waals surface area contributed by atoms with E-state index < -0.39 is 67.6 Å². The van der Waals surface area contributed by atoms with E-state index in [9.17, 15) is 36.1 Å². The van der Waals surface area contributed by atoms with Gasteiger partial charge in [0.05, 0.1) is 15.4 Å². The first-order chi connectivity index (χ1) is 17.1. The average Bonchev–Trinajstić information content (AvgIpc) is 3.53. The molecule has 4 rings (SSSR count). The van der Waals surface area contributed by atoms with Crippen molar-refractivity contribution in [3.8, 4) is 11.6 Å². The molecule has 1 aliphatic rings. The first-order valence-corrected chi connectivity index (χ1v) is 12.4. The zero-order valence-electron chi connectivity index (χ0n) is 19.1. The number of hydrogen-bond acceptors (Lipinski definition) is 8. The van der Waals surface area contributed by atoms with Crippen LogP contribution < -0.4 is 10.1 Å². The Morgan fingerprint density at radius 3 is 2.46 bits per heavy atom. The van der Waals surface area contributed by atoms with Crippen LogP contribution in [0.5, 0.6) is 11.6 Å². The van der Waals surface area contributed by atoms with Crippen LogP contribution in [-0.4, -0.2) is 36.7 Å². The zero-order valence-corrected chi connectivity index (χ0v) is 19.9. The topological polar surface area (TPSA) is 138 Å². The van der Waals surface area contributed by atoms with Gasteiger partial charge in [0.15, 0.2) is 11.5 Å². The van der Waals surface area contributed by atoms with Gasteiger partial charge in [0.1, 0.15) is 11.2 Å². The van der Waals surface area contributed by atoms with Gasteiger partial charge in [-0.15, -0.1) is 10.2 Å². The van der Waals surface area contributed by atoms with E-state index in [1.54, 1.807) is 0 Å². The molecule has 1 fully saturated rings. The minimum absolute atomic E-state index is 0.0268. The zero-order chi connectivity index (χ0) is 27.3. The number of alkyl halides is 3. The number of carbonyl (C=O) groups is 1.